The van der Waals surface area contributed by atoms with Crippen LogP contribution in [0.25, 0.3) is 0 Å². The second-order valence-corrected chi connectivity index (χ2v) is 2.11. The number of aromatic hydroxyl groups is 1. The fourth-order valence-corrected chi connectivity index (χ4v) is 0.590. The standard InChI is InChI=1S/C6H4Cl2O/c7-4-1-2-5(8)6(9)3-4/h1-3,9H/i1D,2D,3D. The van der Waals surface area contributed by atoms with Crippen LogP contribution in [-0.4, -0.2) is 5.11 Å². The topological polar surface area (TPSA) is 20.2 Å². The highest BCUT2D eigenvalue weighted by Gasteiger charge is 1.95. The van der Waals surface area contributed by atoms with Gasteiger partial charge in [0.1, 0.15) is 5.75 Å². The number of phenolic OH excluding ortho intramolecular Hbond substituents is 1. The van der Waals surface area contributed by atoms with Crippen LogP contribution in [0.3, 0.4) is 0 Å². The first kappa shape index (κ1) is 3.69. The SMILES string of the molecule is [2H]c1c([2H])c(Cl)c(O)c([2H])c1Cl. The molecule has 9 heavy (non-hydrogen) atoms. The third-order valence-electron chi connectivity index (χ3n) is 0.718. The van der Waals surface area contributed by atoms with Crippen LogP contribution >= 0.6 is 23.2 Å². The summed E-state index contributed by atoms with van der Waals surface area (Å²) < 4.78 is 21.5. The zero-order valence-electron chi connectivity index (χ0n) is 7.20. The molecule has 3 heteroatoms. The maximum absolute atomic E-state index is 9.09. The largest absolute Gasteiger partial charge is 0.506 e. The van der Waals surface area contributed by atoms with E-state index in [9.17, 15) is 0 Å². The normalized spacial score (nSPS) is 14.2. The summed E-state index contributed by atoms with van der Waals surface area (Å²) in [6.45, 7) is 0. The Morgan fingerprint density at radius 1 is 1.44 bits per heavy atom. The van der Waals surface area contributed by atoms with Gasteiger partial charge in [-0.1, -0.05) is 23.2 Å². The lowest BCUT2D eigenvalue weighted by Gasteiger charge is -1.93. The Labute approximate surface area is 67.0 Å². The van der Waals surface area contributed by atoms with Crippen molar-refractivity contribution in [3.8, 4) is 5.75 Å². The number of rotatable bonds is 0. The van der Waals surface area contributed by atoms with Crippen molar-refractivity contribution in [1.82, 2.24) is 0 Å². The maximum Gasteiger partial charge on any atom is 0.135 e. The van der Waals surface area contributed by atoms with E-state index in [1.165, 1.54) is 0 Å². The molecule has 0 aromatic heterocycles. The molecular weight excluding hydrogens is 159 g/mol. The van der Waals surface area contributed by atoms with Gasteiger partial charge in [0.25, 0.3) is 0 Å². The summed E-state index contributed by atoms with van der Waals surface area (Å²) in [7, 11) is 0. The van der Waals surface area contributed by atoms with Gasteiger partial charge in [-0.15, -0.1) is 0 Å². The molecule has 0 amide bonds. The number of halogens is 2. The van der Waals surface area contributed by atoms with E-state index in [1.54, 1.807) is 0 Å². The van der Waals surface area contributed by atoms with Crippen molar-refractivity contribution in [3.63, 3.8) is 0 Å². The first-order chi connectivity index (χ1) is 5.46. The lowest BCUT2D eigenvalue weighted by atomic mass is 10.3. The molecule has 0 aliphatic carbocycles. The summed E-state index contributed by atoms with van der Waals surface area (Å²) in [5.41, 5.74) is 0. The Balaban J connectivity index is 3.60. The van der Waals surface area contributed by atoms with Crippen molar-refractivity contribution >= 4 is 23.2 Å². The Morgan fingerprint density at radius 3 is 2.78 bits per heavy atom. The summed E-state index contributed by atoms with van der Waals surface area (Å²) in [6, 6.07) is -1.12. The van der Waals surface area contributed by atoms with Gasteiger partial charge < -0.3 is 5.11 Å². The third-order valence-corrected chi connectivity index (χ3v) is 1.18. The minimum atomic E-state index is -0.553. The van der Waals surface area contributed by atoms with Gasteiger partial charge in [0.15, 0.2) is 0 Å². The fraction of sp³-hybridized carbons (Fsp3) is 0. The van der Waals surface area contributed by atoms with Crippen molar-refractivity contribution in [1.29, 1.82) is 0 Å². The molecule has 0 spiro atoms. The molecule has 1 aromatic carbocycles. The van der Waals surface area contributed by atoms with Gasteiger partial charge in [-0.05, 0) is 12.1 Å². The molecule has 0 heterocycles. The van der Waals surface area contributed by atoms with Gasteiger partial charge in [0, 0.05) is 11.1 Å². The first-order valence-corrected chi connectivity index (χ1v) is 2.86. The molecule has 1 N–H and O–H groups in total. The van der Waals surface area contributed by atoms with Crippen LogP contribution in [0.1, 0.15) is 4.11 Å². The number of benzene rings is 1. The van der Waals surface area contributed by atoms with Gasteiger partial charge in [0.2, 0.25) is 0 Å². The lowest BCUT2D eigenvalue weighted by Crippen LogP contribution is -1.66. The molecule has 0 fully saturated rings. The fourth-order valence-electron chi connectivity index (χ4n) is 0.359. The molecule has 0 saturated carbocycles. The van der Waals surface area contributed by atoms with Gasteiger partial charge in [-0.3, -0.25) is 0 Å². The smallest absolute Gasteiger partial charge is 0.135 e. The van der Waals surface area contributed by atoms with Crippen LogP contribution in [0.2, 0.25) is 10.0 Å². The molecule has 0 radical (unpaired) electrons. The molecule has 0 aliphatic heterocycles. The Hall–Kier alpha value is -0.400. The van der Waals surface area contributed by atoms with Gasteiger partial charge >= 0.3 is 0 Å². The van der Waals surface area contributed by atoms with E-state index in [2.05, 4.69) is 0 Å². The van der Waals surface area contributed by atoms with Crippen LogP contribution in [0.5, 0.6) is 5.75 Å². The number of hydrogen-bond donors (Lipinski definition) is 1. The minimum Gasteiger partial charge on any atom is -0.506 e. The van der Waals surface area contributed by atoms with Crippen LogP contribution in [0.4, 0.5) is 0 Å². The summed E-state index contributed by atoms with van der Waals surface area (Å²) in [4.78, 5) is 0. The Bertz CT molecular complexity index is 235. The molecule has 0 saturated heterocycles. The Kier molecular flexibility index (Phi) is 1.01. The molecule has 0 unspecified atom stereocenters. The summed E-state index contributed by atoms with van der Waals surface area (Å²) in [5.74, 6) is -0.553. The van der Waals surface area contributed by atoms with Crippen molar-refractivity contribution < 1.29 is 9.22 Å². The summed E-state index contributed by atoms with van der Waals surface area (Å²) >= 11 is 10.9. The number of hydrogen-bond acceptors (Lipinski definition) is 1. The van der Waals surface area contributed by atoms with E-state index in [0.717, 1.165) is 0 Å². The van der Waals surface area contributed by atoms with Crippen LogP contribution in [0, 0.1) is 0 Å². The molecular formula is C6H4Cl2O. The predicted molar refractivity (Wildman–Crippen MR) is 38.1 cm³/mol. The third kappa shape index (κ3) is 1.50. The van der Waals surface area contributed by atoms with Gasteiger partial charge in [-0.25, -0.2) is 0 Å². The average molecular weight is 166 g/mol. The highest BCUT2D eigenvalue weighted by molar-refractivity contribution is 6.34. The van der Waals surface area contributed by atoms with E-state index in [0.29, 0.717) is 0 Å². The van der Waals surface area contributed by atoms with Crippen LogP contribution in [-0.2, 0) is 0 Å². The van der Waals surface area contributed by atoms with Crippen LogP contribution in [0.15, 0.2) is 18.1 Å². The first-order valence-electron chi connectivity index (χ1n) is 3.60. The van der Waals surface area contributed by atoms with E-state index in [4.69, 9.17) is 32.4 Å². The van der Waals surface area contributed by atoms with E-state index < -0.39 is 11.8 Å². The number of phenols is 1. The van der Waals surface area contributed by atoms with Crippen molar-refractivity contribution in [3.05, 3.63) is 28.2 Å². The van der Waals surface area contributed by atoms with Crippen molar-refractivity contribution in [2.24, 2.45) is 0 Å². The molecule has 1 nitrogen and oxygen atoms in total. The molecule has 0 aliphatic rings. The highest BCUT2D eigenvalue weighted by Crippen LogP contribution is 2.25. The van der Waals surface area contributed by atoms with E-state index in [1.807, 2.05) is 0 Å². The predicted octanol–water partition coefficient (Wildman–Crippen LogP) is 2.70. The summed E-state index contributed by atoms with van der Waals surface area (Å²) in [5, 5.41) is 8.51. The quantitative estimate of drug-likeness (QED) is 0.628. The zero-order valence-corrected chi connectivity index (χ0v) is 5.72. The lowest BCUT2D eigenvalue weighted by molar-refractivity contribution is 0.475. The molecule has 1 rings (SSSR count). The average Bonchev–Trinajstić information content (AvgIpc) is 2.08. The Morgan fingerprint density at radius 2 is 2.11 bits per heavy atom. The molecule has 48 valence electrons. The monoisotopic (exact) mass is 165 g/mol. The minimum absolute atomic E-state index is 0.262. The molecule has 0 atom stereocenters. The van der Waals surface area contributed by atoms with E-state index in [-0.39, 0.29) is 22.1 Å². The van der Waals surface area contributed by atoms with Crippen molar-refractivity contribution in [2.75, 3.05) is 0 Å². The highest BCUT2D eigenvalue weighted by atomic mass is 35.5. The maximum atomic E-state index is 9.09. The summed E-state index contributed by atoms with van der Waals surface area (Å²) in [6.07, 6.45) is 0. The zero-order chi connectivity index (χ0) is 9.46. The molecule has 0 bridgehead atoms. The van der Waals surface area contributed by atoms with Crippen molar-refractivity contribution in [2.45, 2.75) is 0 Å². The van der Waals surface area contributed by atoms with Gasteiger partial charge in [0.05, 0.1) is 9.13 Å². The second kappa shape index (κ2) is 2.46. The van der Waals surface area contributed by atoms with Gasteiger partial charge in [-0.2, -0.15) is 0 Å². The molecule has 1 aromatic rings. The second-order valence-electron chi connectivity index (χ2n) is 1.35. The van der Waals surface area contributed by atoms with E-state index >= 15 is 0 Å². The van der Waals surface area contributed by atoms with Crippen LogP contribution < -0.4 is 0 Å².